The molecule has 1 fully saturated rings. The van der Waals surface area contributed by atoms with Gasteiger partial charge in [-0.25, -0.2) is 5.26 Å². The summed E-state index contributed by atoms with van der Waals surface area (Å²) >= 11 is 0. The van der Waals surface area contributed by atoms with Gasteiger partial charge in [0.25, 0.3) is 6.71 Å². The van der Waals surface area contributed by atoms with Gasteiger partial charge in [0, 0.05) is 18.9 Å². The molecule has 0 aromatic heterocycles. The lowest BCUT2D eigenvalue weighted by molar-refractivity contribution is 0.300. The van der Waals surface area contributed by atoms with E-state index in [-0.39, 0.29) is 6.71 Å². The van der Waals surface area contributed by atoms with Crippen LogP contribution in [0.3, 0.4) is 0 Å². The zero-order valence-electron chi connectivity index (χ0n) is 7.29. The molecule has 0 aromatic rings. The molecule has 0 saturated carbocycles. The minimum Gasteiger partial charge on any atom is -0.304 e. The fourth-order valence-corrected chi connectivity index (χ4v) is 1.51. The fraction of sp³-hybridized carbons (Fsp3) is 0.667. The van der Waals surface area contributed by atoms with E-state index in [1.165, 1.54) is 0 Å². The molecular formula is C9H13BN2. The first kappa shape index (κ1) is 9.17. The van der Waals surface area contributed by atoms with E-state index in [0.717, 1.165) is 38.7 Å². The fourth-order valence-electron chi connectivity index (χ4n) is 1.51. The Morgan fingerprint density at radius 1 is 1.42 bits per heavy atom. The van der Waals surface area contributed by atoms with Gasteiger partial charge in [-0.2, -0.15) is 0 Å². The summed E-state index contributed by atoms with van der Waals surface area (Å²) in [4.78, 5) is 2.34. The third-order valence-electron chi connectivity index (χ3n) is 2.34. The summed E-state index contributed by atoms with van der Waals surface area (Å²) in [5, 5.41) is 8.65. The van der Waals surface area contributed by atoms with Gasteiger partial charge in [0.2, 0.25) is 0 Å². The van der Waals surface area contributed by atoms with Crippen LogP contribution in [0.1, 0.15) is 6.42 Å². The molecule has 0 spiro atoms. The largest absolute Gasteiger partial charge is 0.304 e. The molecule has 0 aromatic carbocycles. The van der Waals surface area contributed by atoms with Crippen LogP contribution in [0.5, 0.6) is 0 Å². The third kappa shape index (κ3) is 2.60. The van der Waals surface area contributed by atoms with E-state index in [1.54, 1.807) is 0 Å². The van der Waals surface area contributed by atoms with E-state index in [0.29, 0.717) is 0 Å². The van der Waals surface area contributed by atoms with Crippen molar-refractivity contribution in [3.63, 3.8) is 0 Å². The molecule has 1 saturated heterocycles. The van der Waals surface area contributed by atoms with Gasteiger partial charge in [-0.15, -0.1) is 12.3 Å². The molecule has 3 heteroatoms. The molecular weight excluding hydrogens is 147 g/mol. The van der Waals surface area contributed by atoms with Crippen molar-refractivity contribution in [2.75, 3.05) is 19.6 Å². The van der Waals surface area contributed by atoms with Gasteiger partial charge in [-0.3, -0.25) is 0 Å². The number of hydrogen-bond acceptors (Lipinski definition) is 2. The van der Waals surface area contributed by atoms with Gasteiger partial charge in [-0.1, -0.05) is 0 Å². The monoisotopic (exact) mass is 160 g/mol. The summed E-state index contributed by atoms with van der Waals surface area (Å²) in [7, 11) is 0. The van der Waals surface area contributed by atoms with Crippen molar-refractivity contribution in [1.82, 2.24) is 4.90 Å². The van der Waals surface area contributed by atoms with E-state index in [9.17, 15) is 0 Å². The van der Waals surface area contributed by atoms with Crippen molar-refractivity contribution in [2.45, 2.75) is 19.1 Å². The molecule has 2 nitrogen and oxygen atoms in total. The quantitative estimate of drug-likeness (QED) is 0.443. The van der Waals surface area contributed by atoms with Crippen molar-refractivity contribution in [3.05, 3.63) is 0 Å². The van der Waals surface area contributed by atoms with Crippen LogP contribution in [-0.4, -0.2) is 31.2 Å². The average Bonchev–Trinajstić information content (AvgIpc) is 2.15. The zero-order valence-corrected chi connectivity index (χ0v) is 7.29. The SMILES string of the molecule is C#CCCN1CCB(C#N)CC1. The Labute approximate surface area is 74.6 Å². The summed E-state index contributed by atoms with van der Waals surface area (Å²) in [5.74, 6) is 4.95. The van der Waals surface area contributed by atoms with E-state index < -0.39 is 0 Å². The van der Waals surface area contributed by atoms with Gasteiger partial charge in [0.1, 0.15) is 0 Å². The first-order chi connectivity index (χ1) is 5.86. The van der Waals surface area contributed by atoms with E-state index in [4.69, 9.17) is 11.7 Å². The maximum absolute atomic E-state index is 8.65. The lowest BCUT2D eigenvalue weighted by Gasteiger charge is -2.26. The van der Waals surface area contributed by atoms with Crippen molar-refractivity contribution in [1.29, 1.82) is 5.26 Å². The lowest BCUT2D eigenvalue weighted by atomic mass is 9.45. The molecule has 0 unspecified atom stereocenters. The highest BCUT2D eigenvalue weighted by atomic mass is 15.1. The molecule has 0 amide bonds. The van der Waals surface area contributed by atoms with Crippen LogP contribution in [0, 0.1) is 23.6 Å². The normalized spacial score (nSPS) is 18.3. The van der Waals surface area contributed by atoms with Crippen LogP contribution in [0.2, 0.25) is 12.6 Å². The van der Waals surface area contributed by atoms with Gasteiger partial charge in [0.05, 0.1) is 0 Å². The number of rotatable bonds is 2. The number of nitriles is 1. The van der Waals surface area contributed by atoms with Crippen molar-refractivity contribution >= 4 is 6.71 Å². The Kier molecular flexibility index (Phi) is 3.71. The predicted molar refractivity (Wildman–Crippen MR) is 50.9 cm³/mol. The maximum Gasteiger partial charge on any atom is 0.270 e. The molecule has 0 radical (unpaired) electrons. The molecule has 0 bridgehead atoms. The average molecular weight is 160 g/mol. The first-order valence-corrected chi connectivity index (χ1v) is 4.42. The minimum absolute atomic E-state index is 0.284. The number of hydrogen-bond donors (Lipinski definition) is 0. The van der Waals surface area contributed by atoms with Crippen LogP contribution in [0.15, 0.2) is 0 Å². The van der Waals surface area contributed by atoms with Crippen molar-refractivity contribution in [3.8, 4) is 18.3 Å². The molecule has 1 rings (SSSR count). The topological polar surface area (TPSA) is 27.0 Å². The van der Waals surface area contributed by atoms with Crippen molar-refractivity contribution in [2.24, 2.45) is 0 Å². The Bertz CT molecular complexity index is 206. The zero-order chi connectivity index (χ0) is 8.81. The molecule has 0 N–H and O–H groups in total. The number of nitrogens with zero attached hydrogens (tertiary/aromatic N) is 2. The molecule has 12 heavy (non-hydrogen) atoms. The smallest absolute Gasteiger partial charge is 0.270 e. The first-order valence-electron chi connectivity index (χ1n) is 4.42. The second kappa shape index (κ2) is 4.85. The van der Waals surface area contributed by atoms with Crippen LogP contribution < -0.4 is 0 Å². The third-order valence-corrected chi connectivity index (χ3v) is 2.34. The summed E-state index contributed by atoms with van der Waals surface area (Å²) in [6.45, 7) is 3.36. The molecule has 0 atom stereocenters. The van der Waals surface area contributed by atoms with Crippen LogP contribution in [0.25, 0.3) is 0 Å². The number of terminal acetylenes is 1. The van der Waals surface area contributed by atoms with Crippen LogP contribution >= 0.6 is 0 Å². The Morgan fingerprint density at radius 2 is 2.08 bits per heavy atom. The Balaban J connectivity index is 2.19. The van der Waals surface area contributed by atoms with Gasteiger partial charge in [-0.05, 0) is 25.7 Å². The van der Waals surface area contributed by atoms with Gasteiger partial charge in [0.15, 0.2) is 0 Å². The summed E-state index contributed by atoms with van der Waals surface area (Å²) < 4.78 is 0. The summed E-state index contributed by atoms with van der Waals surface area (Å²) in [6.07, 6.45) is 8.03. The minimum atomic E-state index is 0.284. The highest BCUT2D eigenvalue weighted by molar-refractivity contribution is 6.67. The summed E-state index contributed by atoms with van der Waals surface area (Å²) in [6, 6.07) is 0. The van der Waals surface area contributed by atoms with Crippen LogP contribution in [0.4, 0.5) is 0 Å². The van der Waals surface area contributed by atoms with E-state index in [1.807, 2.05) is 0 Å². The molecule has 1 aliphatic rings. The molecule has 0 aliphatic carbocycles. The van der Waals surface area contributed by atoms with E-state index in [2.05, 4.69) is 16.8 Å². The standard InChI is InChI=1S/C9H13BN2/c1-2-3-6-12-7-4-10(9-11)5-8-12/h1H,3-8H2. The highest BCUT2D eigenvalue weighted by Gasteiger charge is 2.21. The van der Waals surface area contributed by atoms with Gasteiger partial charge >= 0.3 is 0 Å². The Morgan fingerprint density at radius 3 is 2.58 bits per heavy atom. The molecule has 1 aliphatic heterocycles. The lowest BCUT2D eigenvalue weighted by Crippen LogP contribution is -2.36. The van der Waals surface area contributed by atoms with E-state index >= 15 is 0 Å². The second-order valence-electron chi connectivity index (χ2n) is 3.20. The summed E-state index contributed by atoms with van der Waals surface area (Å²) in [5.41, 5.74) is 0. The van der Waals surface area contributed by atoms with Crippen molar-refractivity contribution < 1.29 is 0 Å². The maximum atomic E-state index is 8.65. The predicted octanol–water partition coefficient (Wildman–Crippen LogP) is 0.883. The molecule has 1 heterocycles. The Hall–Kier alpha value is -0.925. The molecule has 62 valence electrons. The second-order valence-corrected chi connectivity index (χ2v) is 3.20. The highest BCUT2D eigenvalue weighted by Crippen LogP contribution is 2.10. The van der Waals surface area contributed by atoms with Gasteiger partial charge < -0.3 is 4.90 Å². The van der Waals surface area contributed by atoms with Crippen LogP contribution in [-0.2, 0) is 0 Å².